The summed E-state index contributed by atoms with van der Waals surface area (Å²) in [5.41, 5.74) is 0.275. The summed E-state index contributed by atoms with van der Waals surface area (Å²) in [6.07, 6.45) is 1.35. The second kappa shape index (κ2) is 11.4. The third-order valence-corrected chi connectivity index (χ3v) is 5.71. The Morgan fingerprint density at radius 2 is 1.74 bits per heavy atom. The Hall–Kier alpha value is -3.27. The summed E-state index contributed by atoms with van der Waals surface area (Å²) in [6.45, 7) is 7.33. The zero-order chi connectivity index (χ0) is 25.6. The van der Waals surface area contributed by atoms with Crippen molar-refractivity contribution in [1.29, 1.82) is 0 Å². The first kappa shape index (κ1) is 26.3. The van der Waals surface area contributed by atoms with E-state index in [1.54, 1.807) is 28.0 Å². The minimum atomic E-state index is -0.656. The SMILES string of the molecule is COC(=O)C1=C(C(=O)OC)N(c2cccc(OCC3CCN(C(=O)OC(C)(C)C)CC3)c2)COC1. The molecule has 10 heteroatoms. The van der Waals surface area contributed by atoms with Crippen LogP contribution in [-0.4, -0.2) is 75.8 Å². The van der Waals surface area contributed by atoms with Crippen molar-refractivity contribution in [3.63, 3.8) is 0 Å². The number of benzene rings is 1. The standard InChI is InChI=1S/C25H34N2O8/c1-25(2,3)35-24(30)26-11-9-17(10-12-26)14-34-19-8-6-7-18(13-19)27-16-33-15-20(22(28)31-4)21(27)23(29)32-5/h6-8,13,17H,9-12,14-16H2,1-5H3. The maximum atomic E-state index is 12.5. The molecule has 0 spiro atoms. The molecule has 0 atom stereocenters. The van der Waals surface area contributed by atoms with E-state index in [2.05, 4.69) is 0 Å². The maximum absolute atomic E-state index is 12.5. The number of piperidine rings is 1. The molecule has 192 valence electrons. The first-order valence-corrected chi connectivity index (χ1v) is 11.6. The molecule has 35 heavy (non-hydrogen) atoms. The van der Waals surface area contributed by atoms with E-state index < -0.39 is 17.5 Å². The van der Waals surface area contributed by atoms with Gasteiger partial charge in [0.25, 0.3) is 0 Å². The van der Waals surface area contributed by atoms with E-state index >= 15 is 0 Å². The van der Waals surface area contributed by atoms with Crippen LogP contribution in [0.1, 0.15) is 33.6 Å². The van der Waals surface area contributed by atoms with E-state index in [0.717, 1.165) is 12.8 Å². The number of carbonyl (C=O) groups is 3. The summed E-state index contributed by atoms with van der Waals surface area (Å²) >= 11 is 0. The summed E-state index contributed by atoms with van der Waals surface area (Å²) in [5.74, 6) is -0.393. The van der Waals surface area contributed by atoms with Gasteiger partial charge in [0, 0.05) is 24.8 Å². The van der Waals surface area contributed by atoms with Gasteiger partial charge in [0.15, 0.2) is 0 Å². The number of hydrogen-bond acceptors (Lipinski definition) is 9. The maximum Gasteiger partial charge on any atom is 0.410 e. The van der Waals surface area contributed by atoms with Gasteiger partial charge >= 0.3 is 18.0 Å². The third-order valence-electron chi connectivity index (χ3n) is 5.71. The Morgan fingerprint density at radius 1 is 1.06 bits per heavy atom. The smallest absolute Gasteiger partial charge is 0.410 e. The molecule has 10 nitrogen and oxygen atoms in total. The van der Waals surface area contributed by atoms with Gasteiger partial charge in [-0.1, -0.05) is 6.07 Å². The molecule has 0 aromatic heterocycles. The minimum absolute atomic E-state index is 0.0498. The van der Waals surface area contributed by atoms with Gasteiger partial charge in [-0.05, 0) is 51.7 Å². The second-order valence-corrected chi connectivity index (χ2v) is 9.44. The molecule has 3 rings (SSSR count). The number of hydrogen-bond donors (Lipinski definition) is 0. The predicted octanol–water partition coefficient (Wildman–Crippen LogP) is 3.11. The van der Waals surface area contributed by atoms with Crippen molar-refractivity contribution in [3.8, 4) is 5.75 Å². The number of carbonyl (C=O) groups excluding carboxylic acids is 3. The molecule has 1 saturated heterocycles. The minimum Gasteiger partial charge on any atom is -0.493 e. The summed E-state index contributed by atoms with van der Waals surface area (Å²) in [4.78, 5) is 40.3. The molecule has 1 amide bonds. The molecule has 0 saturated carbocycles. The Kier molecular flexibility index (Phi) is 8.61. The average molecular weight is 491 g/mol. The largest absolute Gasteiger partial charge is 0.493 e. The molecule has 0 N–H and O–H groups in total. The summed E-state index contributed by atoms with van der Waals surface area (Å²) in [6, 6.07) is 7.20. The highest BCUT2D eigenvalue weighted by molar-refractivity contribution is 6.03. The fraction of sp³-hybridized carbons (Fsp3) is 0.560. The van der Waals surface area contributed by atoms with Crippen LogP contribution in [0.25, 0.3) is 0 Å². The zero-order valence-corrected chi connectivity index (χ0v) is 21.0. The van der Waals surface area contributed by atoms with E-state index in [0.29, 0.717) is 37.1 Å². The Labute approximate surface area is 205 Å². The average Bonchev–Trinajstić information content (AvgIpc) is 2.85. The van der Waals surface area contributed by atoms with Crippen LogP contribution >= 0.6 is 0 Å². The Morgan fingerprint density at radius 3 is 2.37 bits per heavy atom. The molecule has 0 aliphatic carbocycles. The first-order valence-electron chi connectivity index (χ1n) is 11.6. The molecular weight excluding hydrogens is 456 g/mol. The van der Waals surface area contributed by atoms with Crippen LogP contribution in [0.2, 0.25) is 0 Å². The van der Waals surface area contributed by atoms with Gasteiger partial charge < -0.3 is 33.5 Å². The van der Waals surface area contributed by atoms with Crippen molar-refractivity contribution in [3.05, 3.63) is 35.5 Å². The van der Waals surface area contributed by atoms with Gasteiger partial charge in [-0.15, -0.1) is 0 Å². The van der Waals surface area contributed by atoms with Crippen molar-refractivity contribution in [1.82, 2.24) is 4.90 Å². The van der Waals surface area contributed by atoms with Crippen LogP contribution < -0.4 is 9.64 Å². The van der Waals surface area contributed by atoms with E-state index in [4.69, 9.17) is 23.7 Å². The lowest BCUT2D eigenvalue weighted by atomic mass is 9.98. The van der Waals surface area contributed by atoms with E-state index in [9.17, 15) is 14.4 Å². The van der Waals surface area contributed by atoms with Crippen molar-refractivity contribution < 1.29 is 38.1 Å². The number of anilines is 1. The summed E-state index contributed by atoms with van der Waals surface area (Å²) in [5, 5.41) is 0. The van der Waals surface area contributed by atoms with Gasteiger partial charge in [-0.2, -0.15) is 0 Å². The van der Waals surface area contributed by atoms with Gasteiger partial charge in [0.2, 0.25) is 0 Å². The van der Waals surface area contributed by atoms with Gasteiger partial charge in [0.05, 0.1) is 33.0 Å². The molecule has 0 unspecified atom stereocenters. The van der Waals surface area contributed by atoms with Crippen LogP contribution in [0.5, 0.6) is 5.75 Å². The van der Waals surface area contributed by atoms with Crippen LogP contribution in [0.3, 0.4) is 0 Å². The second-order valence-electron chi connectivity index (χ2n) is 9.44. The van der Waals surface area contributed by atoms with Crippen LogP contribution in [0, 0.1) is 5.92 Å². The van der Waals surface area contributed by atoms with Gasteiger partial charge in [-0.3, -0.25) is 0 Å². The fourth-order valence-electron chi connectivity index (χ4n) is 3.91. The predicted molar refractivity (Wildman–Crippen MR) is 127 cm³/mol. The number of ether oxygens (including phenoxy) is 5. The third kappa shape index (κ3) is 6.88. The number of likely N-dealkylation sites (tertiary alicyclic amines) is 1. The molecule has 2 aliphatic rings. The van der Waals surface area contributed by atoms with Gasteiger partial charge in [0.1, 0.15) is 23.8 Å². The van der Waals surface area contributed by atoms with E-state index in [1.807, 2.05) is 26.8 Å². The van der Waals surface area contributed by atoms with E-state index in [1.165, 1.54) is 14.2 Å². The van der Waals surface area contributed by atoms with Gasteiger partial charge in [-0.25, -0.2) is 14.4 Å². The van der Waals surface area contributed by atoms with Crippen molar-refractivity contribution in [2.75, 3.05) is 52.2 Å². The lowest BCUT2D eigenvalue weighted by molar-refractivity contribution is -0.140. The van der Waals surface area contributed by atoms with Crippen LogP contribution in [-0.2, 0) is 28.5 Å². The number of methoxy groups -OCH3 is 2. The highest BCUT2D eigenvalue weighted by atomic mass is 16.6. The molecular formula is C25H34N2O8. The first-order chi connectivity index (χ1) is 16.6. The summed E-state index contributed by atoms with van der Waals surface area (Å²) in [7, 11) is 2.50. The molecule has 0 bridgehead atoms. The topological polar surface area (TPSA) is 104 Å². The molecule has 1 aromatic rings. The number of amides is 1. The molecule has 1 aromatic carbocycles. The highest BCUT2D eigenvalue weighted by Crippen LogP contribution is 2.30. The monoisotopic (exact) mass is 490 g/mol. The quantitative estimate of drug-likeness (QED) is 0.439. The van der Waals surface area contributed by atoms with Crippen molar-refractivity contribution in [2.45, 2.75) is 39.2 Å². The summed E-state index contributed by atoms with van der Waals surface area (Å²) < 4.78 is 26.7. The van der Waals surface area contributed by atoms with E-state index in [-0.39, 0.29) is 30.7 Å². The Balaban J connectivity index is 1.64. The highest BCUT2D eigenvalue weighted by Gasteiger charge is 2.33. The fourth-order valence-corrected chi connectivity index (χ4v) is 3.91. The van der Waals surface area contributed by atoms with Crippen molar-refractivity contribution >= 4 is 23.7 Å². The molecule has 2 heterocycles. The Bertz CT molecular complexity index is 960. The molecule has 1 fully saturated rings. The zero-order valence-electron chi connectivity index (χ0n) is 21.0. The number of esters is 2. The van der Waals surface area contributed by atoms with Crippen LogP contribution in [0.15, 0.2) is 35.5 Å². The molecule has 0 radical (unpaired) electrons. The van der Waals surface area contributed by atoms with Crippen molar-refractivity contribution in [2.24, 2.45) is 5.92 Å². The number of nitrogens with zero attached hydrogens (tertiary/aromatic N) is 2. The molecule has 2 aliphatic heterocycles. The number of rotatable bonds is 6. The lowest BCUT2D eigenvalue weighted by Gasteiger charge is -2.33. The lowest BCUT2D eigenvalue weighted by Crippen LogP contribution is -2.42. The van der Waals surface area contributed by atoms with Crippen LogP contribution in [0.4, 0.5) is 10.5 Å². The normalized spacial score (nSPS) is 17.2.